The van der Waals surface area contributed by atoms with E-state index in [-0.39, 0.29) is 29.5 Å². The van der Waals surface area contributed by atoms with E-state index in [0.717, 1.165) is 6.07 Å². The van der Waals surface area contributed by atoms with Crippen molar-refractivity contribution in [2.75, 3.05) is 26.3 Å². The zero-order valence-electron chi connectivity index (χ0n) is 12.0. The van der Waals surface area contributed by atoms with Gasteiger partial charge in [0.15, 0.2) is 0 Å². The molecule has 7 nitrogen and oxygen atoms in total. The third-order valence-electron chi connectivity index (χ3n) is 2.81. The Labute approximate surface area is 125 Å². The summed E-state index contributed by atoms with van der Waals surface area (Å²) in [5, 5.41) is 5.02. The smallest absolute Gasteiger partial charge is 0.243 e. The van der Waals surface area contributed by atoms with Crippen molar-refractivity contribution in [3.63, 3.8) is 0 Å². The lowest BCUT2D eigenvalue weighted by Gasteiger charge is -2.20. The van der Waals surface area contributed by atoms with Crippen LogP contribution in [0.5, 0.6) is 0 Å². The molecule has 1 aromatic carbocycles. The fourth-order valence-corrected chi connectivity index (χ4v) is 3.83. The Morgan fingerprint density at radius 2 is 1.76 bits per heavy atom. The predicted octanol–water partition coefficient (Wildman–Crippen LogP) is 0.381. The molecule has 2 N–H and O–H groups in total. The van der Waals surface area contributed by atoms with Crippen molar-refractivity contribution in [1.29, 1.82) is 0 Å². The number of hydrogen-bond acceptors (Lipinski definition) is 5. The van der Waals surface area contributed by atoms with Crippen molar-refractivity contribution in [3.05, 3.63) is 24.3 Å². The Morgan fingerprint density at radius 3 is 2.29 bits per heavy atom. The van der Waals surface area contributed by atoms with Gasteiger partial charge in [0, 0.05) is 19.7 Å². The molecule has 0 spiro atoms. The number of nitrogens with zero attached hydrogens (tertiary/aromatic N) is 1. The molecule has 0 radical (unpaired) electrons. The average molecular weight is 336 g/mol. The van der Waals surface area contributed by atoms with Gasteiger partial charge in [-0.2, -0.15) is 4.31 Å². The van der Waals surface area contributed by atoms with E-state index < -0.39 is 20.0 Å². The van der Waals surface area contributed by atoms with Crippen LogP contribution in [0.4, 0.5) is 0 Å². The summed E-state index contributed by atoms with van der Waals surface area (Å²) >= 11 is 0. The summed E-state index contributed by atoms with van der Waals surface area (Å²) in [6.45, 7) is 4.76. The lowest BCUT2D eigenvalue weighted by molar-refractivity contribution is 0.135. The lowest BCUT2D eigenvalue weighted by atomic mass is 10.4. The molecule has 0 bridgehead atoms. The summed E-state index contributed by atoms with van der Waals surface area (Å²) in [7, 11) is -7.73. The molecule has 21 heavy (non-hydrogen) atoms. The minimum Gasteiger partial charge on any atom is -0.380 e. The molecule has 0 atom stereocenters. The first kappa shape index (κ1) is 18.1. The quantitative estimate of drug-likeness (QED) is 0.691. The number of sulfonamides is 2. The van der Waals surface area contributed by atoms with Crippen molar-refractivity contribution < 1.29 is 21.6 Å². The fourth-order valence-electron chi connectivity index (χ4n) is 1.72. The molecular weight excluding hydrogens is 316 g/mol. The van der Waals surface area contributed by atoms with Gasteiger partial charge < -0.3 is 4.74 Å². The molecule has 9 heteroatoms. The van der Waals surface area contributed by atoms with E-state index in [1.165, 1.54) is 22.5 Å². The van der Waals surface area contributed by atoms with Crippen molar-refractivity contribution in [1.82, 2.24) is 4.31 Å². The minimum absolute atomic E-state index is 0.104. The molecular formula is C12H20N2O5S2. The third kappa shape index (κ3) is 4.75. The SMILES string of the molecule is CCOCCN(CC)S(=O)(=O)c1cccc(S(N)(=O)=O)c1. The van der Waals surface area contributed by atoms with Crippen LogP contribution in [0.15, 0.2) is 34.1 Å². The number of benzene rings is 1. The number of likely N-dealkylation sites (N-methyl/N-ethyl adjacent to an activating group) is 1. The molecule has 1 aromatic rings. The molecule has 120 valence electrons. The first-order chi connectivity index (χ1) is 9.73. The van der Waals surface area contributed by atoms with E-state index in [2.05, 4.69) is 0 Å². The maximum absolute atomic E-state index is 12.5. The third-order valence-corrected chi connectivity index (χ3v) is 5.69. The first-order valence-electron chi connectivity index (χ1n) is 6.44. The molecule has 0 unspecified atom stereocenters. The van der Waals surface area contributed by atoms with E-state index in [0.29, 0.717) is 6.61 Å². The fraction of sp³-hybridized carbons (Fsp3) is 0.500. The van der Waals surface area contributed by atoms with Gasteiger partial charge in [0.2, 0.25) is 20.0 Å². The molecule has 0 aliphatic rings. The highest BCUT2D eigenvalue weighted by atomic mass is 32.2. The van der Waals surface area contributed by atoms with E-state index in [1.54, 1.807) is 6.92 Å². The molecule has 1 rings (SSSR count). The summed E-state index contributed by atoms with van der Waals surface area (Å²) in [5.41, 5.74) is 0. The second-order valence-corrected chi connectivity index (χ2v) is 7.71. The minimum atomic E-state index is -3.95. The molecule has 0 amide bonds. The number of ether oxygens (including phenoxy) is 1. The Morgan fingerprint density at radius 1 is 1.14 bits per heavy atom. The number of nitrogens with two attached hydrogens (primary N) is 1. The predicted molar refractivity (Wildman–Crippen MR) is 78.7 cm³/mol. The van der Waals surface area contributed by atoms with Crippen LogP contribution in [-0.4, -0.2) is 47.4 Å². The maximum atomic E-state index is 12.5. The molecule has 0 aliphatic carbocycles. The van der Waals surface area contributed by atoms with Crippen LogP contribution in [0.3, 0.4) is 0 Å². The Bertz CT molecular complexity index is 671. The zero-order chi connectivity index (χ0) is 16.1. The van der Waals surface area contributed by atoms with Crippen LogP contribution in [-0.2, 0) is 24.8 Å². The van der Waals surface area contributed by atoms with Crippen LogP contribution in [0.25, 0.3) is 0 Å². The second kappa shape index (κ2) is 7.32. The second-order valence-electron chi connectivity index (χ2n) is 4.21. The first-order valence-corrected chi connectivity index (χ1v) is 9.42. The van der Waals surface area contributed by atoms with E-state index in [4.69, 9.17) is 9.88 Å². The van der Waals surface area contributed by atoms with Crippen molar-refractivity contribution in [2.24, 2.45) is 5.14 Å². The van der Waals surface area contributed by atoms with E-state index in [9.17, 15) is 16.8 Å². The van der Waals surface area contributed by atoms with E-state index in [1.807, 2.05) is 6.92 Å². The van der Waals surface area contributed by atoms with Gasteiger partial charge in [0.25, 0.3) is 0 Å². The van der Waals surface area contributed by atoms with Gasteiger partial charge in [-0.3, -0.25) is 0 Å². The summed E-state index contributed by atoms with van der Waals surface area (Å²) in [4.78, 5) is -0.336. The molecule has 0 saturated carbocycles. The van der Waals surface area contributed by atoms with Gasteiger partial charge in [-0.1, -0.05) is 13.0 Å². The topological polar surface area (TPSA) is 107 Å². The van der Waals surface area contributed by atoms with Crippen molar-refractivity contribution in [2.45, 2.75) is 23.6 Å². The van der Waals surface area contributed by atoms with Crippen molar-refractivity contribution in [3.8, 4) is 0 Å². The van der Waals surface area contributed by atoms with E-state index >= 15 is 0 Å². The van der Waals surface area contributed by atoms with Crippen LogP contribution in [0.2, 0.25) is 0 Å². The largest absolute Gasteiger partial charge is 0.380 e. The number of rotatable bonds is 8. The summed E-state index contributed by atoms with van der Waals surface area (Å²) < 4.78 is 53.9. The number of hydrogen-bond donors (Lipinski definition) is 1. The molecule has 0 fully saturated rings. The standard InChI is InChI=1S/C12H20N2O5S2/c1-3-14(8-9-19-4-2)21(17,18)12-7-5-6-11(10-12)20(13,15)16/h5-7,10H,3-4,8-9H2,1-2H3,(H2,13,15,16). The van der Waals surface area contributed by atoms with Gasteiger partial charge in [0.1, 0.15) is 0 Å². The maximum Gasteiger partial charge on any atom is 0.243 e. The number of primary sulfonamides is 1. The molecule has 0 aromatic heterocycles. The van der Waals surface area contributed by atoms with Gasteiger partial charge in [-0.05, 0) is 25.1 Å². The summed E-state index contributed by atoms with van der Waals surface area (Å²) in [5.74, 6) is 0. The van der Waals surface area contributed by atoms with Crippen LogP contribution in [0, 0.1) is 0 Å². The lowest BCUT2D eigenvalue weighted by Crippen LogP contribution is -2.34. The molecule has 0 aliphatic heterocycles. The van der Waals surface area contributed by atoms with Gasteiger partial charge in [-0.25, -0.2) is 22.0 Å². The zero-order valence-corrected chi connectivity index (χ0v) is 13.7. The van der Waals surface area contributed by atoms with Gasteiger partial charge >= 0.3 is 0 Å². The summed E-state index contributed by atoms with van der Waals surface area (Å²) in [6.07, 6.45) is 0. The van der Waals surface area contributed by atoms with Crippen LogP contribution >= 0.6 is 0 Å². The average Bonchev–Trinajstić information content (AvgIpc) is 2.42. The highest BCUT2D eigenvalue weighted by Crippen LogP contribution is 2.18. The Kier molecular flexibility index (Phi) is 6.29. The highest BCUT2D eigenvalue weighted by Gasteiger charge is 2.24. The van der Waals surface area contributed by atoms with Gasteiger partial charge in [0.05, 0.1) is 16.4 Å². The van der Waals surface area contributed by atoms with Crippen LogP contribution < -0.4 is 5.14 Å². The monoisotopic (exact) mass is 336 g/mol. The summed E-state index contributed by atoms with van der Waals surface area (Å²) in [6, 6.07) is 5.01. The van der Waals surface area contributed by atoms with Crippen LogP contribution in [0.1, 0.15) is 13.8 Å². The Hall–Kier alpha value is -1.00. The van der Waals surface area contributed by atoms with Gasteiger partial charge in [-0.15, -0.1) is 0 Å². The normalized spacial score (nSPS) is 12.8. The Balaban J connectivity index is 3.11. The van der Waals surface area contributed by atoms with Crippen molar-refractivity contribution >= 4 is 20.0 Å². The molecule has 0 saturated heterocycles. The molecule has 0 heterocycles. The highest BCUT2D eigenvalue weighted by molar-refractivity contribution is 7.90.